The van der Waals surface area contributed by atoms with Crippen molar-refractivity contribution in [1.82, 2.24) is 9.88 Å². The summed E-state index contributed by atoms with van der Waals surface area (Å²) in [5.41, 5.74) is 9.73. The van der Waals surface area contributed by atoms with E-state index in [1.807, 2.05) is 18.2 Å². The van der Waals surface area contributed by atoms with Crippen molar-refractivity contribution < 1.29 is 18.0 Å². The highest BCUT2D eigenvalue weighted by molar-refractivity contribution is 7.18. The highest BCUT2D eigenvalue weighted by Gasteiger charge is 2.41. The number of nitrogens with two attached hydrogens (primary N) is 1. The molecule has 1 aromatic heterocycles. The van der Waals surface area contributed by atoms with Crippen LogP contribution in [0.15, 0.2) is 48.3 Å². The summed E-state index contributed by atoms with van der Waals surface area (Å²) in [4.78, 5) is 18.0. The number of amides is 1. The number of thiazole rings is 1. The van der Waals surface area contributed by atoms with Crippen LogP contribution in [0.25, 0.3) is 10.4 Å². The number of allylic oxidation sites excluding steroid dienone is 1. The minimum absolute atomic E-state index is 0.00385. The van der Waals surface area contributed by atoms with Crippen LogP contribution in [0.1, 0.15) is 12.0 Å². The molecule has 10 heteroatoms. The molecule has 164 valence electrons. The van der Waals surface area contributed by atoms with Crippen LogP contribution in [0.3, 0.4) is 0 Å². The molecule has 2 aliphatic rings. The third-order valence-electron chi connectivity index (χ3n) is 5.17. The van der Waals surface area contributed by atoms with Crippen LogP contribution in [-0.2, 0) is 11.2 Å². The van der Waals surface area contributed by atoms with Crippen molar-refractivity contribution in [2.75, 3.05) is 24.2 Å². The molecule has 31 heavy (non-hydrogen) atoms. The monoisotopic (exact) mass is 449 g/mol. The third-order valence-corrected chi connectivity index (χ3v) is 6.17. The van der Waals surface area contributed by atoms with E-state index in [1.54, 1.807) is 6.20 Å². The van der Waals surface area contributed by atoms with Gasteiger partial charge in [0.15, 0.2) is 5.13 Å². The summed E-state index contributed by atoms with van der Waals surface area (Å²) in [6.07, 6.45) is 2.43. The molecule has 2 aliphatic heterocycles. The van der Waals surface area contributed by atoms with Gasteiger partial charge in [0.05, 0.1) is 11.3 Å². The fourth-order valence-electron chi connectivity index (χ4n) is 3.66. The zero-order chi connectivity index (χ0) is 22.2. The first-order valence-corrected chi connectivity index (χ1v) is 10.6. The van der Waals surface area contributed by atoms with Crippen molar-refractivity contribution >= 4 is 28.1 Å². The molecule has 0 saturated heterocycles. The van der Waals surface area contributed by atoms with Gasteiger partial charge >= 0.3 is 6.18 Å². The molecule has 3 heterocycles. The molecule has 6 nitrogen and oxygen atoms in total. The zero-order valence-corrected chi connectivity index (χ0v) is 17.6. The lowest BCUT2D eigenvalue weighted by Gasteiger charge is -2.30. The minimum atomic E-state index is -4.30. The summed E-state index contributed by atoms with van der Waals surface area (Å²) >= 11 is 1.48. The molecule has 1 aromatic carbocycles. The number of carbonyl (C=O) groups excluding carboxylic acids is 1. The Bertz CT molecular complexity index is 1050. The average molecular weight is 450 g/mol. The van der Waals surface area contributed by atoms with Gasteiger partial charge in [-0.05, 0) is 35.3 Å². The highest BCUT2D eigenvalue weighted by atomic mass is 32.1. The first-order valence-electron chi connectivity index (χ1n) is 9.75. The van der Waals surface area contributed by atoms with Crippen LogP contribution in [-0.4, -0.2) is 47.6 Å². The number of rotatable bonds is 6. The molecule has 1 unspecified atom stereocenters. The molecular weight excluding hydrogens is 427 g/mol. The van der Waals surface area contributed by atoms with Crippen LogP contribution in [0, 0.1) is 0 Å². The first-order chi connectivity index (χ1) is 14.7. The largest absolute Gasteiger partial charge is 0.412 e. The zero-order valence-electron chi connectivity index (χ0n) is 16.7. The second-order valence-electron chi connectivity index (χ2n) is 7.69. The minimum Gasteiger partial charge on any atom is -0.366 e. The molecule has 0 radical (unpaired) electrons. The maximum Gasteiger partial charge on any atom is 0.412 e. The van der Waals surface area contributed by atoms with E-state index in [4.69, 9.17) is 5.73 Å². The van der Waals surface area contributed by atoms with Crippen molar-refractivity contribution in [3.63, 3.8) is 0 Å². The molecule has 1 amide bonds. The number of halogens is 3. The van der Waals surface area contributed by atoms with Crippen LogP contribution in [0.4, 0.5) is 24.0 Å². The van der Waals surface area contributed by atoms with Crippen LogP contribution < -0.4 is 16.4 Å². The quantitative estimate of drug-likeness (QED) is 0.626. The van der Waals surface area contributed by atoms with Crippen molar-refractivity contribution in [2.45, 2.75) is 31.1 Å². The van der Waals surface area contributed by atoms with Gasteiger partial charge in [0.25, 0.3) is 0 Å². The summed E-state index contributed by atoms with van der Waals surface area (Å²) in [5, 5.41) is 6.72. The van der Waals surface area contributed by atoms with E-state index in [0.717, 1.165) is 38.2 Å². The van der Waals surface area contributed by atoms with Crippen molar-refractivity contribution in [2.24, 2.45) is 5.73 Å². The lowest BCUT2D eigenvalue weighted by molar-refractivity contribution is -0.161. The molecule has 4 rings (SSSR count). The van der Waals surface area contributed by atoms with Crippen LogP contribution in [0.5, 0.6) is 0 Å². The predicted molar refractivity (Wildman–Crippen MR) is 116 cm³/mol. The van der Waals surface area contributed by atoms with Gasteiger partial charge in [0.1, 0.15) is 6.04 Å². The number of likely N-dealkylation sites (N-methyl/N-ethyl adjacent to an activating group) is 1. The number of fused-ring (bicyclic) bond motifs is 1. The molecule has 2 atom stereocenters. The Labute approximate surface area is 181 Å². The van der Waals surface area contributed by atoms with E-state index < -0.39 is 12.2 Å². The maximum absolute atomic E-state index is 12.9. The Morgan fingerprint density at radius 1 is 1.42 bits per heavy atom. The van der Waals surface area contributed by atoms with Crippen molar-refractivity contribution in [3.8, 4) is 10.4 Å². The van der Waals surface area contributed by atoms with Crippen molar-refractivity contribution in [3.05, 3.63) is 53.9 Å². The predicted octanol–water partition coefficient (Wildman–Crippen LogP) is 3.75. The van der Waals surface area contributed by atoms with Gasteiger partial charge in [-0.15, -0.1) is 0 Å². The lowest BCUT2D eigenvalue weighted by Crippen LogP contribution is -2.41. The van der Waals surface area contributed by atoms with E-state index in [-0.39, 0.29) is 11.9 Å². The maximum atomic E-state index is 12.9. The molecule has 0 aliphatic carbocycles. The molecular formula is C21H22F3N5OS. The standard InChI is InChI=1S/C21H22F3N5OS/c1-29-11-12(2-5-18(29)21(22,23)24)6-15(25)9-26-20-27-10-17(31-20)13-3-4-16-14(7-13)8-19(30)28-16/h2-5,7,10-11,15,18H,6,8-9,25H2,1H3,(H,26,27)(H,28,30)/t15-,18?/m0/s1. The Balaban J connectivity index is 1.32. The molecule has 0 fully saturated rings. The lowest BCUT2D eigenvalue weighted by atomic mass is 10.0. The Morgan fingerprint density at radius 3 is 2.97 bits per heavy atom. The van der Waals surface area contributed by atoms with Gasteiger partial charge in [-0.3, -0.25) is 4.79 Å². The number of anilines is 2. The average Bonchev–Trinajstić information content (AvgIpc) is 3.30. The second-order valence-corrected chi connectivity index (χ2v) is 8.72. The number of nitrogens with one attached hydrogen (secondary N) is 2. The summed E-state index contributed by atoms with van der Waals surface area (Å²) in [7, 11) is 1.41. The highest BCUT2D eigenvalue weighted by Crippen LogP contribution is 2.33. The smallest absolute Gasteiger partial charge is 0.366 e. The van der Waals surface area contributed by atoms with E-state index in [1.165, 1.54) is 30.7 Å². The van der Waals surface area contributed by atoms with Gasteiger partial charge < -0.3 is 21.3 Å². The molecule has 0 spiro atoms. The van der Waals surface area contributed by atoms with Gasteiger partial charge in [-0.25, -0.2) is 4.98 Å². The number of carbonyl (C=O) groups is 1. The topological polar surface area (TPSA) is 83.3 Å². The Kier molecular flexibility index (Phi) is 5.76. The number of benzene rings is 1. The van der Waals surface area contributed by atoms with E-state index in [2.05, 4.69) is 15.6 Å². The van der Waals surface area contributed by atoms with Gasteiger partial charge in [-0.1, -0.05) is 29.6 Å². The van der Waals surface area contributed by atoms with Crippen LogP contribution >= 0.6 is 11.3 Å². The fourth-order valence-corrected chi connectivity index (χ4v) is 4.48. The number of aromatic nitrogens is 1. The Morgan fingerprint density at radius 2 is 2.23 bits per heavy atom. The number of alkyl halides is 3. The fraction of sp³-hybridized carbons (Fsp3) is 0.333. The van der Waals surface area contributed by atoms with E-state index in [9.17, 15) is 18.0 Å². The SMILES string of the molecule is CN1C=C(C[C@H](N)CNc2ncc(-c3ccc4c(c3)CC(=O)N4)s2)C=CC1C(F)(F)F. The molecule has 0 bridgehead atoms. The van der Waals surface area contributed by atoms with Crippen LogP contribution in [0.2, 0.25) is 0 Å². The molecule has 4 N–H and O–H groups in total. The molecule has 0 saturated carbocycles. The Hall–Kier alpha value is -2.85. The van der Waals surface area contributed by atoms with E-state index in [0.29, 0.717) is 24.5 Å². The normalized spacial score (nSPS) is 19.1. The van der Waals surface area contributed by atoms with E-state index >= 15 is 0 Å². The summed E-state index contributed by atoms with van der Waals surface area (Å²) < 4.78 is 38.7. The summed E-state index contributed by atoms with van der Waals surface area (Å²) in [6, 6.07) is 3.94. The third kappa shape index (κ3) is 4.91. The van der Waals surface area contributed by atoms with Gasteiger partial charge in [-0.2, -0.15) is 13.2 Å². The summed E-state index contributed by atoms with van der Waals surface area (Å²) in [5.74, 6) is -0.00385. The number of hydrogen-bond acceptors (Lipinski definition) is 6. The first kappa shape index (κ1) is 21.4. The number of nitrogens with zero attached hydrogens (tertiary/aromatic N) is 2. The van der Waals surface area contributed by atoms with Gasteiger partial charge in [0.2, 0.25) is 5.91 Å². The van der Waals surface area contributed by atoms with Crippen molar-refractivity contribution in [1.29, 1.82) is 0 Å². The molecule has 2 aromatic rings. The van der Waals surface area contributed by atoms with Gasteiger partial charge in [0, 0.05) is 37.7 Å². The second kappa shape index (κ2) is 8.35. The number of hydrogen-bond donors (Lipinski definition) is 3. The summed E-state index contributed by atoms with van der Waals surface area (Å²) in [6.45, 7) is 0.438.